The zero-order chi connectivity index (χ0) is 15.5. The van der Waals surface area contributed by atoms with Gasteiger partial charge in [0.2, 0.25) is 0 Å². The highest BCUT2D eigenvalue weighted by Crippen LogP contribution is 2.36. The predicted octanol–water partition coefficient (Wildman–Crippen LogP) is 5.31. The minimum Gasteiger partial charge on any atom is -0.486 e. The highest BCUT2D eigenvalue weighted by atomic mass is 79.9. The van der Waals surface area contributed by atoms with Gasteiger partial charge in [0.15, 0.2) is 5.75 Å². The Labute approximate surface area is 145 Å². The van der Waals surface area contributed by atoms with Gasteiger partial charge in [0.1, 0.15) is 12.4 Å². The van der Waals surface area contributed by atoms with Gasteiger partial charge in [-0.25, -0.2) is 4.39 Å². The molecule has 0 unspecified atom stereocenters. The molecular formula is C16H12BrClFNOS. The Bertz CT molecular complexity index is 715. The average molecular weight is 401 g/mol. The van der Waals surface area contributed by atoms with Crippen LogP contribution in [-0.2, 0) is 6.61 Å². The van der Waals surface area contributed by atoms with Gasteiger partial charge in [-0.05, 0) is 45.8 Å². The van der Waals surface area contributed by atoms with Crippen molar-refractivity contribution in [2.75, 3.05) is 12.3 Å². The van der Waals surface area contributed by atoms with Gasteiger partial charge in [-0.2, -0.15) is 0 Å². The van der Waals surface area contributed by atoms with Crippen LogP contribution in [0.4, 0.5) is 4.39 Å². The monoisotopic (exact) mass is 399 g/mol. The van der Waals surface area contributed by atoms with Crippen molar-refractivity contribution >= 4 is 44.3 Å². The maximum absolute atomic E-state index is 13.2. The van der Waals surface area contributed by atoms with Crippen LogP contribution in [0, 0.1) is 5.82 Å². The molecule has 0 bridgehead atoms. The minimum atomic E-state index is -0.280. The third kappa shape index (κ3) is 3.65. The molecule has 0 saturated heterocycles. The zero-order valence-corrected chi connectivity index (χ0v) is 14.6. The van der Waals surface area contributed by atoms with Crippen LogP contribution in [-0.4, -0.2) is 17.3 Å². The predicted molar refractivity (Wildman–Crippen MR) is 93.7 cm³/mol. The van der Waals surface area contributed by atoms with E-state index in [0.717, 1.165) is 32.9 Å². The normalized spacial score (nSPS) is 14.0. The summed E-state index contributed by atoms with van der Waals surface area (Å²) >= 11 is 11.5. The second kappa shape index (κ2) is 7.02. The highest BCUT2D eigenvalue weighted by Gasteiger charge is 2.15. The Hall–Kier alpha value is -1.04. The lowest BCUT2D eigenvalue weighted by Crippen LogP contribution is -1.99. The Balaban J connectivity index is 1.79. The first kappa shape index (κ1) is 15.8. The van der Waals surface area contributed by atoms with Gasteiger partial charge < -0.3 is 4.74 Å². The van der Waals surface area contributed by atoms with Crippen molar-refractivity contribution in [1.82, 2.24) is 0 Å². The van der Waals surface area contributed by atoms with Crippen molar-refractivity contribution in [3.05, 3.63) is 62.8 Å². The molecule has 0 fully saturated rings. The number of halogens is 3. The molecule has 2 aromatic rings. The maximum Gasteiger partial charge on any atom is 0.152 e. The smallest absolute Gasteiger partial charge is 0.152 e. The molecule has 0 aromatic heterocycles. The summed E-state index contributed by atoms with van der Waals surface area (Å²) in [6.45, 7) is 1.10. The van der Waals surface area contributed by atoms with Crippen LogP contribution in [0.5, 0.6) is 5.75 Å². The quantitative estimate of drug-likeness (QED) is 0.693. The summed E-state index contributed by atoms with van der Waals surface area (Å²) in [7, 11) is 0. The summed E-state index contributed by atoms with van der Waals surface area (Å²) in [6, 6.07) is 10.1. The third-order valence-electron chi connectivity index (χ3n) is 3.10. The first-order chi connectivity index (χ1) is 10.6. The van der Waals surface area contributed by atoms with E-state index in [2.05, 4.69) is 20.9 Å². The highest BCUT2D eigenvalue weighted by molar-refractivity contribution is 9.10. The van der Waals surface area contributed by atoms with Crippen LogP contribution in [0.2, 0.25) is 5.02 Å². The molecule has 114 valence electrons. The zero-order valence-electron chi connectivity index (χ0n) is 11.5. The van der Waals surface area contributed by atoms with Gasteiger partial charge >= 0.3 is 0 Å². The Morgan fingerprint density at radius 3 is 2.86 bits per heavy atom. The SMILES string of the molecule is Fc1cccc(COc2c(Cl)cc(C3=NCCS3)cc2Br)c1. The second-order valence-electron chi connectivity index (χ2n) is 4.72. The molecule has 6 heteroatoms. The van der Waals surface area contributed by atoms with Crippen molar-refractivity contribution in [2.45, 2.75) is 6.61 Å². The number of hydrogen-bond acceptors (Lipinski definition) is 3. The van der Waals surface area contributed by atoms with Crippen LogP contribution >= 0.6 is 39.3 Å². The van der Waals surface area contributed by atoms with Gasteiger partial charge in [-0.15, -0.1) is 11.8 Å². The fourth-order valence-electron chi connectivity index (χ4n) is 2.11. The molecule has 0 aliphatic carbocycles. The van der Waals surface area contributed by atoms with Crippen LogP contribution in [0.15, 0.2) is 45.9 Å². The van der Waals surface area contributed by atoms with E-state index in [1.54, 1.807) is 17.8 Å². The number of benzene rings is 2. The molecule has 2 nitrogen and oxygen atoms in total. The summed E-state index contributed by atoms with van der Waals surface area (Å²) in [5.74, 6) is 1.28. The second-order valence-corrected chi connectivity index (χ2v) is 7.07. The van der Waals surface area contributed by atoms with Crippen molar-refractivity contribution < 1.29 is 9.13 Å². The number of thioether (sulfide) groups is 1. The van der Waals surface area contributed by atoms with Gasteiger partial charge in [0.05, 0.1) is 14.5 Å². The molecular weight excluding hydrogens is 389 g/mol. The van der Waals surface area contributed by atoms with Crippen LogP contribution in [0.25, 0.3) is 0 Å². The molecule has 1 heterocycles. The van der Waals surface area contributed by atoms with Gasteiger partial charge in [0.25, 0.3) is 0 Å². The Morgan fingerprint density at radius 1 is 1.32 bits per heavy atom. The molecule has 2 aromatic carbocycles. The lowest BCUT2D eigenvalue weighted by atomic mass is 10.2. The van der Waals surface area contributed by atoms with E-state index in [9.17, 15) is 4.39 Å². The van der Waals surface area contributed by atoms with Crippen molar-refractivity contribution in [1.29, 1.82) is 0 Å². The number of ether oxygens (including phenoxy) is 1. The largest absolute Gasteiger partial charge is 0.486 e. The van der Waals surface area contributed by atoms with Gasteiger partial charge in [-0.3, -0.25) is 4.99 Å². The van der Waals surface area contributed by atoms with E-state index in [4.69, 9.17) is 16.3 Å². The van der Waals surface area contributed by atoms with Crippen molar-refractivity contribution in [3.8, 4) is 5.75 Å². The lowest BCUT2D eigenvalue weighted by Gasteiger charge is -2.12. The Kier molecular flexibility index (Phi) is 5.06. The minimum absolute atomic E-state index is 0.255. The van der Waals surface area contributed by atoms with Crippen LogP contribution < -0.4 is 4.74 Å². The summed E-state index contributed by atoms with van der Waals surface area (Å²) in [5, 5.41) is 1.51. The van der Waals surface area contributed by atoms with Crippen molar-refractivity contribution in [2.24, 2.45) is 4.99 Å². The molecule has 0 radical (unpaired) electrons. The maximum atomic E-state index is 13.2. The molecule has 22 heavy (non-hydrogen) atoms. The summed E-state index contributed by atoms with van der Waals surface area (Å²) in [4.78, 5) is 4.44. The van der Waals surface area contributed by atoms with Crippen LogP contribution in [0.3, 0.4) is 0 Å². The molecule has 0 saturated carbocycles. The van der Waals surface area contributed by atoms with E-state index in [1.165, 1.54) is 12.1 Å². The van der Waals surface area contributed by atoms with E-state index in [1.807, 2.05) is 18.2 Å². The molecule has 0 amide bonds. The lowest BCUT2D eigenvalue weighted by molar-refractivity contribution is 0.304. The standard InChI is InChI=1S/C16H12BrClFNOS/c17-13-7-11(16-20-4-5-22-16)8-14(18)15(13)21-9-10-2-1-3-12(19)6-10/h1-3,6-8H,4-5,9H2. The summed E-state index contributed by atoms with van der Waals surface area (Å²) in [5.41, 5.74) is 1.74. The van der Waals surface area contributed by atoms with E-state index in [0.29, 0.717) is 10.8 Å². The topological polar surface area (TPSA) is 21.6 Å². The van der Waals surface area contributed by atoms with E-state index < -0.39 is 0 Å². The van der Waals surface area contributed by atoms with E-state index in [-0.39, 0.29) is 12.4 Å². The molecule has 1 aliphatic rings. The number of hydrogen-bond donors (Lipinski definition) is 0. The summed E-state index contributed by atoms with van der Waals surface area (Å²) < 4.78 is 19.7. The van der Waals surface area contributed by atoms with Crippen LogP contribution in [0.1, 0.15) is 11.1 Å². The molecule has 0 atom stereocenters. The number of nitrogens with zero attached hydrogens (tertiary/aromatic N) is 1. The van der Waals surface area contributed by atoms with Gasteiger partial charge in [-0.1, -0.05) is 23.7 Å². The van der Waals surface area contributed by atoms with E-state index >= 15 is 0 Å². The molecule has 1 aliphatic heterocycles. The molecule has 3 rings (SSSR count). The Morgan fingerprint density at radius 2 is 2.18 bits per heavy atom. The van der Waals surface area contributed by atoms with Crippen molar-refractivity contribution in [3.63, 3.8) is 0 Å². The average Bonchev–Trinajstić information content (AvgIpc) is 3.00. The first-order valence-corrected chi connectivity index (χ1v) is 8.83. The fraction of sp³-hybridized carbons (Fsp3) is 0.188. The number of aliphatic imine (C=N–C) groups is 1. The molecule has 0 spiro atoms. The molecule has 0 N–H and O–H groups in total. The third-order valence-corrected chi connectivity index (χ3v) is 5.00. The fourth-order valence-corrected chi connectivity index (χ4v) is 3.92. The first-order valence-electron chi connectivity index (χ1n) is 6.67. The summed E-state index contributed by atoms with van der Waals surface area (Å²) in [6.07, 6.45) is 0. The van der Waals surface area contributed by atoms with Gasteiger partial charge in [0, 0.05) is 17.9 Å². The number of rotatable bonds is 4.